The molecular formula is C14H23NO3S. The monoisotopic (exact) mass is 285 g/mol. The van der Waals surface area contributed by atoms with E-state index in [2.05, 4.69) is 4.72 Å². The molecule has 0 heterocycles. The van der Waals surface area contributed by atoms with E-state index in [1.807, 2.05) is 26.8 Å². The molecular weight excluding hydrogens is 262 g/mol. The molecule has 5 heteroatoms. The first kappa shape index (κ1) is 16.1. The molecule has 0 aliphatic heterocycles. The summed E-state index contributed by atoms with van der Waals surface area (Å²) in [4.78, 5) is 0.309. The van der Waals surface area contributed by atoms with Crippen molar-refractivity contribution in [3.8, 4) is 0 Å². The van der Waals surface area contributed by atoms with Gasteiger partial charge in [-0.25, -0.2) is 13.1 Å². The molecule has 0 saturated heterocycles. The third kappa shape index (κ3) is 4.93. The molecule has 4 nitrogen and oxygen atoms in total. The van der Waals surface area contributed by atoms with Gasteiger partial charge in [0.2, 0.25) is 10.0 Å². The Hall–Kier alpha value is -0.910. The average molecular weight is 285 g/mol. The number of rotatable bonds is 7. The Morgan fingerprint density at radius 1 is 1.21 bits per heavy atom. The molecule has 0 bridgehead atoms. The Labute approximate surface area is 115 Å². The van der Waals surface area contributed by atoms with Gasteiger partial charge in [0, 0.05) is 13.2 Å². The first-order valence-electron chi connectivity index (χ1n) is 6.58. The zero-order valence-electron chi connectivity index (χ0n) is 11.8. The molecule has 0 saturated carbocycles. The fraction of sp³-hybridized carbons (Fsp3) is 0.571. The fourth-order valence-corrected chi connectivity index (χ4v) is 3.34. The SMILES string of the molecule is CCC(CCO)CNS(=O)(=O)c1cc(C)cc(C)c1. The molecule has 0 spiro atoms. The van der Waals surface area contributed by atoms with Crippen LogP contribution in [0.1, 0.15) is 30.9 Å². The van der Waals surface area contributed by atoms with E-state index < -0.39 is 10.0 Å². The maximum atomic E-state index is 12.2. The summed E-state index contributed by atoms with van der Waals surface area (Å²) < 4.78 is 27.0. The quantitative estimate of drug-likeness (QED) is 0.805. The molecule has 1 atom stereocenters. The molecule has 1 rings (SSSR count). The largest absolute Gasteiger partial charge is 0.396 e. The Balaban J connectivity index is 2.80. The molecule has 0 aliphatic carbocycles. The highest BCUT2D eigenvalue weighted by Crippen LogP contribution is 2.15. The van der Waals surface area contributed by atoms with E-state index in [0.717, 1.165) is 17.5 Å². The van der Waals surface area contributed by atoms with Gasteiger partial charge in [-0.1, -0.05) is 19.4 Å². The number of aryl methyl sites for hydroxylation is 2. The van der Waals surface area contributed by atoms with Crippen LogP contribution >= 0.6 is 0 Å². The minimum absolute atomic E-state index is 0.0871. The number of nitrogens with one attached hydrogen (secondary N) is 1. The summed E-state index contributed by atoms with van der Waals surface area (Å²) in [5.41, 5.74) is 1.87. The lowest BCUT2D eigenvalue weighted by molar-refractivity contribution is 0.254. The van der Waals surface area contributed by atoms with Gasteiger partial charge in [-0.15, -0.1) is 0 Å². The highest BCUT2D eigenvalue weighted by Gasteiger charge is 2.16. The van der Waals surface area contributed by atoms with Gasteiger partial charge in [0.05, 0.1) is 4.90 Å². The molecule has 0 aliphatic rings. The first-order chi connectivity index (χ1) is 8.89. The normalized spacial score (nSPS) is 13.5. The summed E-state index contributed by atoms with van der Waals surface area (Å²) in [7, 11) is -3.46. The van der Waals surface area contributed by atoms with Crippen molar-refractivity contribution in [2.24, 2.45) is 5.92 Å². The van der Waals surface area contributed by atoms with Crippen LogP contribution in [0.4, 0.5) is 0 Å². The number of benzene rings is 1. The third-order valence-electron chi connectivity index (χ3n) is 3.18. The molecule has 0 radical (unpaired) electrons. The maximum Gasteiger partial charge on any atom is 0.240 e. The van der Waals surface area contributed by atoms with Crippen LogP contribution in [-0.4, -0.2) is 26.7 Å². The standard InChI is InChI=1S/C14H23NO3S/c1-4-13(5-6-16)10-15-19(17,18)14-8-11(2)7-12(3)9-14/h7-9,13,15-16H,4-6,10H2,1-3H3. The van der Waals surface area contributed by atoms with E-state index >= 15 is 0 Å². The lowest BCUT2D eigenvalue weighted by Gasteiger charge is -2.15. The van der Waals surface area contributed by atoms with Gasteiger partial charge in [0.15, 0.2) is 0 Å². The molecule has 0 aromatic heterocycles. The number of hydrogen-bond donors (Lipinski definition) is 2. The van der Waals surface area contributed by atoms with Crippen LogP contribution in [0.2, 0.25) is 0 Å². The van der Waals surface area contributed by atoms with Crippen LogP contribution in [0.15, 0.2) is 23.1 Å². The zero-order valence-corrected chi connectivity index (χ0v) is 12.6. The van der Waals surface area contributed by atoms with Gasteiger partial charge in [0.1, 0.15) is 0 Å². The lowest BCUT2D eigenvalue weighted by Crippen LogP contribution is -2.29. The Morgan fingerprint density at radius 3 is 2.26 bits per heavy atom. The molecule has 19 heavy (non-hydrogen) atoms. The summed E-state index contributed by atoms with van der Waals surface area (Å²) in [6.45, 7) is 6.21. The van der Waals surface area contributed by atoms with Crippen molar-refractivity contribution in [1.82, 2.24) is 4.72 Å². The minimum Gasteiger partial charge on any atom is -0.396 e. The van der Waals surface area contributed by atoms with E-state index in [1.165, 1.54) is 0 Å². The van der Waals surface area contributed by atoms with Gasteiger partial charge in [-0.2, -0.15) is 0 Å². The lowest BCUT2D eigenvalue weighted by atomic mass is 10.0. The van der Waals surface area contributed by atoms with Gasteiger partial charge >= 0.3 is 0 Å². The van der Waals surface area contributed by atoms with Crippen molar-refractivity contribution in [1.29, 1.82) is 0 Å². The summed E-state index contributed by atoms with van der Waals surface area (Å²) >= 11 is 0. The van der Waals surface area contributed by atoms with Crippen LogP contribution in [0.3, 0.4) is 0 Å². The highest BCUT2D eigenvalue weighted by atomic mass is 32.2. The predicted octanol–water partition coefficient (Wildman–Crippen LogP) is 1.99. The third-order valence-corrected chi connectivity index (χ3v) is 4.59. The Kier molecular flexibility index (Phi) is 5.97. The number of hydrogen-bond acceptors (Lipinski definition) is 3. The van der Waals surface area contributed by atoms with Crippen LogP contribution in [-0.2, 0) is 10.0 Å². The number of aliphatic hydroxyl groups excluding tert-OH is 1. The first-order valence-corrected chi connectivity index (χ1v) is 8.06. The molecule has 1 aromatic rings. The van der Waals surface area contributed by atoms with Crippen LogP contribution in [0, 0.1) is 19.8 Å². The number of aliphatic hydroxyl groups is 1. The van der Waals surface area contributed by atoms with Crippen molar-refractivity contribution >= 4 is 10.0 Å². The molecule has 0 fully saturated rings. The second kappa shape index (κ2) is 7.03. The Morgan fingerprint density at radius 2 is 1.79 bits per heavy atom. The van der Waals surface area contributed by atoms with Crippen molar-refractivity contribution in [2.45, 2.75) is 38.5 Å². The van der Waals surface area contributed by atoms with E-state index in [0.29, 0.717) is 17.9 Å². The Bertz CT molecular complexity index is 491. The maximum absolute atomic E-state index is 12.2. The van der Waals surface area contributed by atoms with Crippen LogP contribution < -0.4 is 4.72 Å². The van der Waals surface area contributed by atoms with E-state index in [-0.39, 0.29) is 12.5 Å². The smallest absolute Gasteiger partial charge is 0.240 e. The van der Waals surface area contributed by atoms with E-state index in [9.17, 15) is 8.42 Å². The van der Waals surface area contributed by atoms with E-state index in [4.69, 9.17) is 5.11 Å². The average Bonchev–Trinajstić information content (AvgIpc) is 2.33. The van der Waals surface area contributed by atoms with Gasteiger partial charge < -0.3 is 5.11 Å². The fourth-order valence-electron chi connectivity index (χ4n) is 2.03. The second-order valence-electron chi connectivity index (χ2n) is 4.96. The zero-order chi connectivity index (χ0) is 14.5. The summed E-state index contributed by atoms with van der Waals surface area (Å²) in [5, 5.41) is 8.91. The molecule has 0 amide bonds. The van der Waals surface area contributed by atoms with Crippen molar-refractivity contribution in [2.75, 3.05) is 13.2 Å². The number of sulfonamides is 1. The summed E-state index contributed by atoms with van der Waals surface area (Å²) in [6, 6.07) is 5.28. The predicted molar refractivity (Wildman–Crippen MR) is 76.6 cm³/mol. The summed E-state index contributed by atoms with van der Waals surface area (Å²) in [5.74, 6) is 0.172. The minimum atomic E-state index is -3.46. The summed E-state index contributed by atoms with van der Waals surface area (Å²) in [6.07, 6.45) is 1.46. The van der Waals surface area contributed by atoms with Crippen molar-refractivity contribution in [3.63, 3.8) is 0 Å². The van der Waals surface area contributed by atoms with Crippen molar-refractivity contribution in [3.05, 3.63) is 29.3 Å². The molecule has 1 unspecified atom stereocenters. The van der Waals surface area contributed by atoms with E-state index in [1.54, 1.807) is 12.1 Å². The molecule has 108 valence electrons. The second-order valence-corrected chi connectivity index (χ2v) is 6.73. The molecule has 2 N–H and O–H groups in total. The topological polar surface area (TPSA) is 66.4 Å². The van der Waals surface area contributed by atoms with Crippen molar-refractivity contribution < 1.29 is 13.5 Å². The van der Waals surface area contributed by atoms with Gasteiger partial charge in [0.25, 0.3) is 0 Å². The van der Waals surface area contributed by atoms with Crippen LogP contribution in [0.25, 0.3) is 0 Å². The van der Waals surface area contributed by atoms with Gasteiger partial charge in [-0.05, 0) is 49.4 Å². The van der Waals surface area contributed by atoms with Crippen LogP contribution in [0.5, 0.6) is 0 Å². The highest BCUT2D eigenvalue weighted by molar-refractivity contribution is 7.89. The molecule has 1 aromatic carbocycles. The van der Waals surface area contributed by atoms with Gasteiger partial charge in [-0.3, -0.25) is 0 Å².